The molecule has 8 nitrogen and oxygen atoms in total. The van der Waals surface area contributed by atoms with Crippen LogP contribution in [-0.4, -0.2) is 40.1 Å². The standard InChI is InChI=1S/C22H26FN5O3/c1-14-6-7-19(18(23)8-14)28-11-15(9-21(28)30)22(31)26-17-10-24-27(12-17)13-20(29)25-16-4-2-3-5-16/h6-8,10,12,15-16H,2-5,9,11,13H2,1H3,(H,25,29)(H,26,31). The van der Waals surface area contributed by atoms with E-state index in [1.165, 1.54) is 21.8 Å². The predicted molar refractivity (Wildman–Crippen MR) is 113 cm³/mol. The molecule has 164 valence electrons. The Morgan fingerprint density at radius 1 is 1.26 bits per heavy atom. The molecule has 1 saturated carbocycles. The van der Waals surface area contributed by atoms with Crippen LogP contribution in [0.15, 0.2) is 30.6 Å². The molecule has 4 rings (SSSR count). The third kappa shape index (κ3) is 4.92. The maximum atomic E-state index is 14.2. The van der Waals surface area contributed by atoms with E-state index >= 15 is 0 Å². The summed E-state index contributed by atoms with van der Waals surface area (Å²) in [5.74, 6) is -1.81. The van der Waals surface area contributed by atoms with E-state index in [2.05, 4.69) is 15.7 Å². The van der Waals surface area contributed by atoms with Gasteiger partial charge in [-0.2, -0.15) is 5.10 Å². The van der Waals surface area contributed by atoms with E-state index in [-0.39, 0.29) is 49.0 Å². The number of benzene rings is 1. The number of anilines is 2. The molecule has 2 aliphatic rings. The Kier molecular flexibility index (Phi) is 6.01. The summed E-state index contributed by atoms with van der Waals surface area (Å²) in [5, 5.41) is 9.86. The summed E-state index contributed by atoms with van der Waals surface area (Å²) in [7, 11) is 0. The Morgan fingerprint density at radius 3 is 2.77 bits per heavy atom. The third-order valence-corrected chi connectivity index (χ3v) is 5.82. The molecule has 2 fully saturated rings. The number of nitrogens with one attached hydrogen (secondary N) is 2. The fourth-order valence-electron chi connectivity index (χ4n) is 4.20. The molecular formula is C22H26FN5O3. The molecule has 31 heavy (non-hydrogen) atoms. The van der Waals surface area contributed by atoms with Gasteiger partial charge in [0.15, 0.2) is 0 Å². The quantitative estimate of drug-likeness (QED) is 0.740. The van der Waals surface area contributed by atoms with Gasteiger partial charge in [-0.25, -0.2) is 4.39 Å². The molecular weight excluding hydrogens is 401 g/mol. The maximum Gasteiger partial charge on any atom is 0.241 e. The summed E-state index contributed by atoms with van der Waals surface area (Å²) < 4.78 is 15.7. The number of carbonyl (C=O) groups is 3. The van der Waals surface area contributed by atoms with Crippen molar-refractivity contribution in [3.8, 4) is 0 Å². The summed E-state index contributed by atoms with van der Waals surface area (Å²) in [4.78, 5) is 38.4. The van der Waals surface area contributed by atoms with Crippen LogP contribution in [0.2, 0.25) is 0 Å². The normalized spacial score (nSPS) is 19.1. The number of hydrogen-bond acceptors (Lipinski definition) is 4. The fraction of sp³-hybridized carbons (Fsp3) is 0.455. The molecule has 9 heteroatoms. The van der Waals surface area contributed by atoms with Crippen LogP contribution in [0.4, 0.5) is 15.8 Å². The monoisotopic (exact) mass is 427 g/mol. The molecule has 2 heterocycles. The zero-order chi connectivity index (χ0) is 22.0. The lowest BCUT2D eigenvalue weighted by Gasteiger charge is -2.17. The zero-order valence-corrected chi connectivity index (χ0v) is 17.4. The van der Waals surface area contributed by atoms with E-state index in [1.54, 1.807) is 25.3 Å². The van der Waals surface area contributed by atoms with Crippen LogP contribution in [0.3, 0.4) is 0 Å². The summed E-state index contributed by atoms with van der Waals surface area (Å²) in [6.07, 6.45) is 7.36. The van der Waals surface area contributed by atoms with Crippen LogP contribution in [-0.2, 0) is 20.9 Å². The third-order valence-electron chi connectivity index (χ3n) is 5.82. The number of rotatable bonds is 6. The highest BCUT2D eigenvalue weighted by molar-refractivity contribution is 6.03. The van der Waals surface area contributed by atoms with Crippen molar-refractivity contribution in [1.29, 1.82) is 0 Å². The van der Waals surface area contributed by atoms with Crippen LogP contribution < -0.4 is 15.5 Å². The number of aromatic nitrogens is 2. The van der Waals surface area contributed by atoms with Crippen LogP contribution in [0.5, 0.6) is 0 Å². The second-order valence-electron chi connectivity index (χ2n) is 8.32. The number of aryl methyl sites for hydroxylation is 1. The molecule has 1 aliphatic heterocycles. The lowest BCUT2D eigenvalue weighted by Crippen LogP contribution is -2.35. The molecule has 0 radical (unpaired) electrons. The molecule has 2 N–H and O–H groups in total. The van der Waals surface area contributed by atoms with Crippen molar-refractivity contribution < 1.29 is 18.8 Å². The largest absolute Gasteiger partial charge is 0.352 e. The molecule has 3 amide bonds. The Balaban J connectivity index is 1.32. The molecule has 1 aromatic carbocycles. The Bertz CT molecular complexity index is 999. The first kappa shape index (κ1) is 21.0. The van der Waals surface area contributed by atoms with E-state index in [4.69, 9.17) is 0 Å². The number of halogens is 1. The maximum absolute atomic E-state index is 14.2. The Morgan fingerprint density at radius 2 is 2.03 bits per heavy atom. The Hall–Kier alpha value is -3.23. The summed E-state index contributed by atoms with van der Waals surface area (Å²) in [6.45, 7) is 1.96. The highest BCUT2D eigenvalue weighted by Crippen LogP contribution is 2.28. The van der Waals surface area contributed by atoms with Crippen molar-refractivity contribution in [3.05, 3.63) is 42.0 Å². The molecule has 0 bridgehead atoms. The SMILES string of the molecule is Cc1ccc(N2CC(C(=O)Nc3cnn(CC(=O)NC4CCCC4)c3)CC2=O)c(F)c1. The zero-order valence-electron chi connectivity index (χ0n) is 17.4. The van der Waals surface area contributed by atoms with Gasteiger partial charge in [0.2, 0.25) is 17.7 Å². The van der Waals surface area contributed by atoms with Gasteiger partial charge in [0.25, 0.3) is 0 Å². The smallest absolute Gasteiger partial charge is 0.241 e. The van der Waals surface area contributed by atoms with E-state index in [0.717, 1.165) is 31.2 Å². The molecule has 0 spiro atoms. The van der Waals surface area contributed by atoms with Gasteiger partial charge in [-0.1, -0.05) is 18.9 Å². The summed E-state index contributed by atoms with van der Waals surface area (Å²) in [5.41, 5.74) is 1.40. The van der Waals surface area contributed by atoms with Gasteiger partial charge in [-0.15, -0.1) is 0 Å². The molecule has 2 aromatic rings. The highest BCUT2D eigenvalue weighted by Gasteiger charge is 2.36. The van der Waals surface area contributed by atoms with Crippen molar-refractivity contribution in [3.63, 3.8) is 0 Å². The second-order valence-corrected chi connectivity index (χ2v) is 8.32. The van der Waals surface area contributed by atoms with Crippen molar-refractivity contribution in [2.24, 2.45) is 5.92 Å². The van der Waals surface area contributed by atoms with E-state index < -0.39 is 11.7 Å². The summed E-state index contributed by atoms with van der Waals surface area (Å²) >= 11 is 0. The average Bonchev–Trinajstić information content (AvgIpc) is 3.44. The first-order valence-corrected chi connectivity index (χ1v) is 10.6. The minimum absolute atomic E-state index is 0.0110. The van der Waals surface area contributed by atoms with E-state index in [1.807, 2.05) is 0 Å². The van der Waals surface area contributed by atoms with E-state index in [9.17, 15) is 18.8 Å². The van der Waals surface area contributed by atoms with Gasteiger partial charge in [-0.3, -0.25) is 19.1 Å². The van der Waals surface area contributed by atoms with Gasteiger partial charge in [0, 0.05) is 25.2 Å². The number of hydrogen-bond donors (Lipinski definition) is 2. The Labute approximate surface area is 179 Å². The van der Waals surface area contributed by atoms with Gasteiger partial charge in [0.05, 0.1) is 23.5 Å². The van der Waals surface area contributed by atoms with Crippen molar-refractivity contribution >= 4 is 29.1 Å². The number of amides is 3. The number of nitrogens with zero attached hydrogens (tertiary/aromatic N) is 3. The van der Waals surface area contributed by atoms with Gasteiger partial charge >= 0.3 is 0 Å². The topological polar surface area (TPSA) is 96.3 Å². The number of carbonyl (C=O) groups excluding carboxylic acids is 3. The van der Waals surface area contributed by atoms with Crippen LogP contribution in [0, 0.1) is 18.7 Å². The molecule has 1 unspecified atom stereocenters. The van der Waals surface area contributed by atoms with Crippen LogP contribution in [0.25, 0.3) is 0 Å². The first-order valence-electron chi connectivity index (χ1n) is 10.6. The highest BCUT2D eigenvalue weighted by atomic mass is 19.1. The van der Waals surface area contributed by atoms with Crippen molar-refractivity contribution in [2.45, 2.75) is 51.6 Å². The second kappa shape index (κ2) is 8.87. The molecule has 1 aliphatic carbocycles. The lowest BCUT2D eigenvalue weighted by molar-refractivity contribution is -0.122. The fourth-order valence-corrected chi connectivity index (χ4v) is 4.20. The average molecular weight is 427 g/mol. The van der Waals surface area contributed by atoms with Crippen LogP contribution >= 0.6 is 0 Å². The van der Waals surface area contributed by atoms with Crippen molar-refractivity contribution in [2.75, 3.05) is 16.8 Å². The molecule has 1 atom stereocenters. The summed E-state index contributed by atoms with van der Waals surface area (Å²) in [6, 6.07) is 4.90. The first-order chi connectivity index (χ1) is 14.9. The van der Waals surface area contributed by atoms with Crippen LogP contribution in [0.1, 0.15) is 37.7 Å². The van der Waals surface area contributed by atoms with Crippen molar-refractivity contribution in [1.82, 2.24) is 15.1 Å². The predicted octanol–water partition coefficient (Wildman–Crippen LogP) is 2.38. The molecule has 1 saturated heterocycles. The lowest BCUT2D eigenvalue weighted by atomic mass is 10.1. The van der Waals surface area contributed by atoms with E-state index in [0.29, 0.717) is 5.69 Å². The van der Waals surface area contributed by atoms with Gasteiger partial charge in [0.1, 0.15) is 12.4 Å². The van der Waals surface area contributed by atoms with Gasteiger partial charge in [-0.05, 0) is 37.5 Å². The minimum atomic E-state index is -0.595. The minimum Gasteiger partial charge on any atom is -0.352 e. The molecule has 1 aromatic heterocycles. The van der Waals surface area contributed by atoms with Gasteiger partial charge < -0.3 is 15.5 Å².